The molecule has 92 valence electrons. The SMILES string of the molecule is COc1ccc(CC(=O)c2cccc(C)c2)cc1. The maximum absolute atomic E-state index is 12.1. The maximum Gasteiger partial charge on any atom is 0.167 e. The predicted molar refractivity (Wildman–Crippen MR) is 72.2 cm³/mol. The first-order chi connectivity index (χ1) is 8.69. The molecule has 0 N–H and O–H groups in total. The van der Waals surface area contributed by atoms with E-state index in [1.165, 1.54) is 0 Å². The predicted octanol–water partition coefficient (Wildman–Crippen LogP) is 3.43. The number of aryl methyl sites for hydroxylation is 1. The molecule has 0 aromatic heterocycles. The number of rotatable bonds is 4. The number of carbonyl (C=O) groups excluding carboxylic acids is 1. The summed E-state index contributed by atoms with van der Waals surface area (Å²) in [4.78, 5) is 12.1. The van der Waals surface area contributed by atoms with Crippen molar-refractivity contribution in [1.29, 1.82) is 0 Å². The van der Waals surface area contributed by atoms with Gasteiger partial charge in [-0.25, -0.2) is 0 Å². The Bertz CT molecular complexity index is 541. The van der Waals surface area contributed by atoms with Crippen LogP contribution < -0.4 is 4.74 Å². The van der Waals surface area contributed by atoms with Crippen molar-refractivity contribution in [3.8, 4) is 5.75 Å². The number of carbonyl (C=O) groups is 1. The van der Waals surface area contributed by atoms with Crippen molar-refractivity contribution < 1.29 is 9.53 Å². The van der Waals surface area contributed by atoms with Crippen molar-refractivity contribution >= 4 is 5.78 Å². The lowest BCUT2D eigenvalue weighted by molar-refractivity contribution is 0.0993. The molecule has 2 nitrogen and oxygen atoms in total. The summed E-state index contributed by atoms with van der Waals surface area (Å²) < 4.78 is 5.09. The smallest absolute Gasteiger partial charge is 0.167 e. The van der Waals surface area contributed by atoms with Crippen LogP contribution >= 0.6 is 0 Å². The first-order valence-electron chi connectivity index (χ1n) is 5.92. The normalized spacial score (nSPS) is 10.1. The molecule has 0 aliphatic rings. The maximum atomic E-state index is 12.1. The van der Waals surface area contributed by atoms with Crippen LogP contribution in [0.25, 0.3) is 0 Å². The molecule has 0 aliphatic heterocycles. The second-order valence-electron chi connectivity index (χ2n) is 4.32. The third-order valence-electron chi connectivity index (χ3n) is 2.86. The number of benzene rings is 2. The molecule has 0 aliphatic carbocycles. The molecule has 0 spiro atoms. The highest BCUT2D eigenvalue weighted by Gasteiger charge is 2.07. The van der Waals surface area contributed by atoms with Crippen LogP contribution in [0.15, 0.2) is 48.5 Å². The van der Waals surface area contributed by atoms with Crippen LogP contribution in [0.5, 0.6) is 5.75 Å². The lowest BCUT2D eigenvalue weighted by atomic mass is 10.0. The topological polar surface area (TPSA) is 26.3 Å². The summed E-state index contributed by atoms with van der Waals surface area (Å²) in [5, 5.41) is 0. The van der Waals surface area contributed by atoms with Gasteiger partial charge in [-0.3, -0.25) is 4.79 Å². The summed E-state index contributed by atoms with van der Waals surface area (Å²) in [6.07, 6.45) is 0.424. The first-order valence-corrected chi connectivity index (χ1v) is 5.92. The van der Waals surface area contributed by atoms with Crippen molar-refractivity contribution in [2.45, 2.75) is 13.3 Å². The second kappa shape index (κ2) is 5.50. The zero-order valence-electron chi connectivity index (χ0n) is 10.6. The van der Waals surface area contributed by atoms with E-state index in [0.717, 1.165) is 22.4 Å². The Hall–Kier alpha value is -2.09. The van der Waals surface area contributed by atoms with Crippen LogP contribution in [-0.4, -0.2) is 12.9 Å². The average Bonchev–Trinajstić information content (AvgIpc) is 2.39. The molecule has 0 saturated heterocycles. The summed E-state index contributed by atoms with van der Waals surface area (Å²) in [5.41, 5.74) is 2.88. The van der Waals surface area contributed by atoms with Crippen molar-refractivity contribution in [3.63, 3.8) is 0 Å². The molecule has 0 fully saturated rings. The quantitative estimate of drug-likeness (QED) is 0.765. The van der Waals surface area contributed by atoms with Crippen LogP contribution in [0.1, 0.15) is 21.5 Å². The Morgan fingerprint density at radius 1 is 1.11 bits per heavy atom. The minimum absolute atomic E-state index is 0.142. The molecule has 2 rings (SSSR count). The average molecular weight is 240 g/mol. The Morgan fingerprint density at radius 2 is 1.83 bits per heavy atom. The standard InChI is InChI=1S/C16H16O2/c1-12-4-3-5-14(10-12)16(17)11-13-6-8-15(18-2)9-7-13/h3-10H,11H2,1-2H3. The van der Waals surface area contributed by atoms with Gasteiger partial charge in [0.25, 0.3) is 0 Å². The van der Waals surface area contributed by atoms with Crippen molar-refractivity contribution in [2.24, 2.45) is 0 Å². The van der Waals surface area contributed by atoms with Gasteiger partial charge in [-0.2, -0.15) is 0 Å². The van der Waals surface area contributed by atoms with E-state index in [1.807, 2.05) is 55.5 Å². The van der Waals surface area contributed by atoms with Crippen LogP contribution in [0.4, 0.5) is 0 Å². The fourth-order valence-electron chi connectivity index (χ4n) is 1.85. The van der Waals surface area contributed by atoms with Gasteiger partial charge in [0, 0.05) is 12.0 Å². The Balaban J connectivity index is 2.11. The zero-order valence-corrected chi connectivity index (χ0v) is 10.6. The Kier molecular flexibility index (Phi) is 3.78. The van der Waals surface area contributed by atoms with Crippen LogP contribution in [-0.2, 0) is 6.42 Å². The Labute approximate surface area is 107 Å². The van der Waals surface area contributed by atoms with Crippen LogP contribution in [0.2, 0.25) is 0 Å². The lowest BCUT2D eigenvalue weighted by Gasteiger charge is -2.04. The van der Waals surface area contributed by atoms with E-state index in [0.29, 0.717) is 6.42 Å². The number of Topliss-reactive ketones (excluding diaryl/α,β-unsaturated/α-hetero) is 1. The minimum Gasteiger partial charge on any atom is -0.497 e. The van der Waals surface area contributed by atoms with E-state index in [4.69, 9.17) is 4.74 Å². The van der Waals surface area contributed by atoms with Gasteiger partial charge in [0.05, 0.1) is 7.11 Å². The minimum atomic E-state index is 0.142. The summed E-state index contributed by atoms with van der Waals surface area (Å²) in [7, 11) is 1.63. The fraction of sp³-hybridized carbons (Fsp3) is 0.188. The number of ketones is 1. The molecule has 0 amide bonds. The highest BCUT2D eigenvalue weighted by Crippen LogP contribution is 2.14. The molecule has 0 saturated carbocycles. The second-order valence-corrected chi connectivity index (χ2v) is 4.32. The van der Waals surface area contributed by atoms with Crippen molar-refractivity contribution in [1.82, 2.24) is 0 Å². The van der Waals surface area contributed by atoms with E-state index in [-0.39, 0.29) is 5.78 Å². The molecule has 2 heteroatoms. The van der Waals surface area contributed by atoms with Gasteiger partial charge >= 0.3 is 0 Å². The molecule has 0 radical (unpaired) electrons. The van der Waals surface area contributed by atoms with E-state index in [9.17, 15) is 4.79 Å². The Morgan fingerprint density at radius 3 is 2.44 bits per heavy atom. The van der Waals surface area contributed by atoms with Gasteiger partial charge in [0.1, 0.15) is 5.75 Å². The molecule has 2 aromatic carbocycles. The summed E-state index contributed by atoms with van der Waals surface area (Å²) in [6, 6.07) is 15.3. The van der Waals surface area contributed by atoms with E-state index >= 15 is 0 Å². The third kappa shape index (κ3) is 2.98. The number of ether oxygens (including phenoxy) is 1. The third-order valence-corrected chi connectivity index (χ3v) is 2.86. The van der Waals surface area contributed by atoms with Crippen molar-refractivity contribution in [2.75, 3.05) is 7.11 Å². The molecule has 0 atom stereocenters. The highest BCUT2D eigenvalue weighted by atomic mass is 16.5. The van der Waals surface area contributed by atoms with Crippen molar-refractivity contribution in [3.05, 3.63) is 65.2 Å². The number of methoxy groups -OCH3 is 1. The van der Waals surface area contributed by atoms with Gasteiger partial charge in [-0.05, 0) is 30.7 Å². The first kappa shape index (κ1) is 12.4. The zero-order chi connectivity index (χ0) is 13.0. The van der Waals surface area contributed by atoms with Crippen LogP contribution in [0.3, 0.4) is 0 Å². The number of hydrogen-bond acceptors (Lipinski definition) is 2. The monoisotopic (exact) mass is 240 g/mol. The van der Waals surface area contributed by atoms with Gasteiger partial charge < -0.3 is 4.74 Å². The summed E-state index contributed by atoms with van der Waals surface area (Å²) in [5.74, 6) is 0.950. The highest BCUT2D eigenvalue weighted by molar-refractivity contribution is 5.97. The number of hydrogen-bond donors (Lipinski definition) is 0. The molecular formula is C16H16O2. The molecule has 18 heavy (non-hydrogen) atoms. The molecule has 0 unspecified atom stereocenters. The summed E-state index contributed by atoms with van der Waals surface area (Å²) >= 11 is 0. The fourth-order valence-corrected chi connectivity index (χ4v) is 1.85. The molecule has 0 heterocycles. The van der Waals surface area contributed by atoms with Gasteiger partial charge in [0.15, 0.2) is 5.78 Å². The van der Waals surface area contributed by atoms with E-state index in [1.54, 1.807) is 7.11 Å². The summed E-state index contributed by atoms with van der Waals surface area (Å²) in [6.45, 7) is 1.99. The van der Waals surface area contributed by atoms with E-state index < -0.39 is 0 Å². The molecular weight excluding hydrogens is 224 g/mol. The van der Waals surface area contributed by atoms with Crippen LogP contribution in [0, 0.1) is 6.92 Å². The molecule has 2 aromatic rings. The van der Waals surface area contributed by atoms with Gasteiger partial charge in [0.2, 0.25) is 0 Å². The molecule has 0 bridgehead atoms. The van der Waals surface area contributed by atoms with E-state index in [2.05, 4.69) is 0 Å². The van der Waals surface area contributed by atoms with Gasteiger partial charge in [-0.1, -0.05) is 35.9 Å². The van der Waals surface area contributed by atoms with Gasteiger partial charge in [-0.15, -0.1) is 0 Å². The lowest BCUT2D eigenvalue weighted by Crippen LogP contribution is -2.03. The largest absolute Gasteiger partial charge is 0.497 e.